The van der Waals surface area contributed by atoms with Crippen LogP contribution in [0.1, 0.15) is 49.1 Å². The van der Waals surface area contributed by atoms with Crippen LogP contribution in [0.5, 0.6) is 0 Å². The van der Waals surface area contributed by atoms with Gasteiger partial charge in [-0.05, 0) is 38.9 Å². The Kier molecular flexibility index (Phi) is 7.23. The zero-order chi connectivity index (χ0) is 25.2. The zero-order valence-electron chi connectivity index (χ0n) is 19.6. The van der Waals surface area contributed by atoms with Crippen molar-refractivity contribution in [3.8, 4) is 0 Å². The molecule has 7 nitrogen and oxygen atoms in total. The number of halogens is 3. The van der Waals surface area contributed by atoms with Gasteiger partial charge in [0.2, 0.25) is 5.91 Å². The first-order valence-corrected chi connectivity index (χ1v) is 11.5. The summed E-state index contributed by atoms with van der Waals surface area (Å²) in [6, 6.07) is 6.80. The molecule has 186 valence electrons. The van der Waals surface area contributed by atoms with Gasteiger partial charge in [0.25, 0.3) is 6.43 Å². The quantitative estimate of drug-likeness (QED) is 0.468. The van der Waals surface area contributed by atoms with Crippen LogP contribution in [0.2, 0.25) is 0 Å². The van der Waals surface area contributed by atoms with Gasteiger partial charge in [-0.25, -0.2) is 13.2 Å². The molecule has 1 fully saturated rings. The molecule has 1 aliphatic rings. The van der Waals surface area contributed by atoms with Crippen molar-refractivity contribution >= 4 is 22.5 Å². The molecule has 0 unspecified atom stereocenters. The van der Waals surface area contributed by atoms with Gasteiger partial charge in [0, 0.05) is 35.9 Å². The maximum absolute atomic E-state index is 14.7. The fraction of sp³-hybridized carbons (Fsp3) is 0.400. The van der Waals surface area contributed by atoms with E-state index in [4.69, 9.17) is 0 Å². The number of anilines is 1. The Labute approximate surface area is 201 Å². The number of aliphatic hydroxyl groups is 1. The Bertz CT molecular complexity index is 1210. The molecule has 0 bridgehead atoms. The van der Waals surface area contributed by atoms with Crippen molar-refractivity contribution in [2.45, 2.75) is 37.8 Å². The molecule has 4 rings (SSSR count). The monoisotopic (exact) mass is 487 g/mol. The number of likely N-dealkylation sites (N-methyl/N-ethyl adjacent to an activating group) is 1. The van der Waals surface area contributed by atoms with E-state index in [0.717, 1.165) is 6.07 Å². The van der Waals surface area contributed by atoms with Crippen molar-refractivity contribution in [1.82, 2.24) is 20.2 Å². The highest BCUT2D eigenvalue weighted by Crippen LogP contribution is 2.35. The lowest BCUT2D eigenvalue weighted by Gasteiger charge is -2.38. The second-order valence-corrected chi connectivity index (χ2v) is 8.81. The van der Waals surface area contributed by atoms with Crippen LogP contribution in [0, 0.1) is 5.82 Å². The fourth-order valence-corrected chi connectivity index (χ4v) is 4.46. The van der Waals surface area contributed by atoms with E-state index in [1.807, 2.05) is 0 Å². The number of fused-ring (bicyclic) bond motifs is 1. The van der Waals surface area contributed by atoms with Crippen LogP contribution in [0.3, 0.4) is 0 Å². The molecule has 2 aromatic heterocycles. The number of hydrogen-bond acceptors (Lipinski definition) is 6. The van der Waals surface area contributed by atoms with Crippen molar-refractivity contribution in [3.63, 3.8) is 0 Å². The highest BCUT2D eigenvalue weighted by molar-refractivity contribution is 5.91. The topological polar surface area (TPSA) is 90.4 Å². The van der Waals surface area contributed by atoms with Crippen LogP contribution in [0.4, 0.5) is 18.9 Å². The standard InChI is InChI=1S/C25H28F3N5O2/c1-15(16-4-3-5-17(23(16)26)24(27)28)32-19-6-9-30-20-13-31-21(12-18(19)20)25(35)7-10-33(11-8-25)22(34)14-29-2/h3-6,9,12-13,15,24,29,35H,7-8,10-11,14H2,1-2H3,(H,30,32)/t15-/m1/s1. The van der Waals surface area contributed by atoms with Gasteiger partial charge in [0.05, 0.1) is 35.6 Å². The van der Waals surface area contributed by atoms with Gasteiger partial charge in [-0.15, -0.1) is 0 Å². The number of amides is 1. The molecule has 1 saturated heterocycles. The Morgan fingerprint density at radius 2 is 1.91 bits per heavy atom. The van der Waals surface area contributed by atoms with E-state index in [9.17, 15) is 23.1 Å². The minimum absolute atomic E-state index is 0.0196. The van der Waals surface area contributed by atoms with Crippen LogP contribution in [0.15, 0.2) is 42.7 Å². The lowest BCUT2D eigenvalue weighted by atomic mass is 9.87. The molecule has 0 aliphatic carbocycles. The number of likely N-dealkylation sites (tertiary alicyclic amines) is 1. The van der Waals surface area contributed by atoms with E-state index >= 15 is 0 Å². The van der Waals surface area contributed by atoms with Gasteiger partial charge in [0.15, 0.2) is 0 Å². The maximum atomic E-state index is 14.7. The average molecular weight is 488 g/mol. The number of nitrogens with one attached hydrogen (secondary N) is 2. The van der Waals surface area contributed by atoms with E-state index in [0.29, 0.717) is 48.2 Å². The molecule has 1 amide bonds. The van der Waals surface area contributed by atoms with Crippen molar-refractivity contribution < 1.29 is 23.1 Å². The molecular formula is C25H28F3N5O2. The van der Waals surface area contributed by atoms with Crippen molar-refractivity contribution in [3.05, 3.63) is 65.4 Å². The number of benzene rings is 1. The number of alkyl halides is 2. The molecule has 35 heavy (non-hydrogen) atoms. The van der Waals surface area contributed by atoms with Gasteiger partial charge in [-0.3, -0.25) is 14.8 Å². The van der Waals surface area contributed by atoms with E-state index in [1.54, 1.807) is 43.4 Å². The zero-order valence-corrected chi connectivity index (χ0v) is 19.6. The van der Waals surface area contributed by atoms with E-state index in [-0.39, 0.29) is 18.0 Å². The molecular weight excluding hydrogens is 459 g/mol. The van der Waals surface area contributed by atoms with Crippen LogP contribution in [-0.4, -0.2) is 52.6 Å². The van der Waals surface area contributed by atoms with Crippen molar-refractivity contribution in [2.75, 3.05) is 32.0 Å². The van der Waals surface area contributed by atoms with Crippen molar-refractivity contribution in [1.29, 1.82) is 0 Å². The molecule has 1 aromatic carbocycles. The van der Waals surface area contributed by atoms with E-state index < -0.39 is 29.4 Å². The number of hydrogen-bond donors (Lipinski definition) is 3. The minimum atomic E-state index is -2.90. The number of pyridine rings is 2. The molecule has 10 heteroatoms. The van der Waals surface area contributed by atoms with Gasteiger partial charge in [-0.1, -0.05) is 18.2 Å². The van der Waals surface area contributed by atoms with Crippen LogP contribution >= 0.6 is 0 Å². The molecule has 3 N–H and O–H groups in total. The predicted molar refractivity (Wildman–Crippen MR) is 127 cm³/mol. The van der Waals surface area contributed by atoms with Gasteiger partial charge >= 0.3 is 0 Å². The second kappa shape index (κ2) is 10.2. The number of carbonyl (C=O) groups is 1. The summed E-state index contributed by atoms with van der Waals surface area (Å²) in [5, 5.41) is 18.0. The lowest BCUT2D eigenvalue weighted by molar-refractivity contribution is -0.134. The summed E-state index contributed by atoms with van der Waals surface area (Å²) in [6.45, 7) is 2.75. The number of carbonyl (C=O) groups excluding carboxylic acids is 1. The smallest absolute Gasteiger partial charge is 0.266 e. The van der Waals surface area contributed by atoms with Crippen LogP contribution < -0.4 is 10.6 Å². The third-order valence-corrected chi connectivity index (χ3v) is 6.51. The molecule has 0 radical (unpaired) electrons. The fourth-order valence-electron chi connectivity index (χ4n) is 4.46. The Hall–Kier alpha value is -3.24. The Balaban J connectivity index is 1.60. The summed E-state index contributed by atoms with van der Waals surface area (Å²) in [7, 11) is 1.71. The van der Waals surface area contributed by atoms with E-state index in [1.165, 1.54) is 12.1 Å². The number of aromatic nitrogens is 2. The highest BCUT2D eigenvalue weighted by Gasteiger charge is 2.36. The number of rotatable bonds is 7. The summed E-state index contributed by atoms with van der Waals surface area (Å²) >= 11 is 0. The van der Waals surface area contributed by atoms with Gasteiger partial charge in [0.1, 0.15) is 11.4 Å². The summed E-state index contributed by atoms with van der Waals surface area (Å²) in [5.41, 5.74) is -0.0825. The summed E-state index contributed by atoms with van der Waals surface area (Å²) in [4.78, 5) is 22.6. The average Bonchev–Trinajstić information content (AvgIpc) is 2.84. The first-order chi connectivity index (χ1) is 16.7. The lowest BCUT2D eigenvalue weighted by Crippen LogP contribution is -2.47. The van der Waals surface area contributed by atoms with Crippen LogP contribution in [-0.2, 0) is 10.4 Å². The van der Waals surface area contributed by atoms with Gasteiger partial charge in [-0.2, -0.15) is 0 Å². The highest BCUT2D eigenvalue weighted by atomic mass is 19.3. The molecule has 3 heterocycles. The molecule has 1 aliphatic heterocycles. The molecule has 3 aromatic rings. The summed E-state index contributed by atoms with van der Waals surface area (Å²) in [5.74, 6) is -0.953. The SMILES string of the molecule is CNCC(=O)N1CCC(O)(c2cc3c(N[C@H](C)c4cccc(C(F)F)c4F)ccnc3cn2)CC1. The van der Waals surface area contributed by atoms with E-state index in [2.05, 4.69) is 20.6 Å². The van der Waals surface area contributed by atoms with Crippen molar-refractivity contribution in [2.24, 2.45) is 0 Å². The third kappa shape index (κ3) is 5.08. The number of nitrogens with zero attached hydrogens (tertiary/aromatic N) is 3. The number of piperidine rings is 1. The first kappa shape index (κ1) is 24.9. The Morgan fingerprint density at radius 3 is 2.60 bits per heavy atom. The second-order valence-electron chi connectivity index (χ2n) is 8.81. The third-order valence-electron chi connectivity index (χ3n) is 6.51. The molecule has 1 atom stereocenters. The summed E-state index contributed by atoms with van der Waals surface area (Å²) < 4.78 is 41.0. The largest absolute Gasteiger partial charge is 0.383 e. The van der Waals surface area contributed by atoms with Crippen LogP contribution in [0.25, 0.3) is 10.9 Å². The van der Waals surface area contributed by atoms with Gasteiger partial charge < -0.3 is 20.6 Å². The predicted octanol–water partition coefficient (Wildman–Crippen LogP) is 3.91. The molecule has 0 spiro atoms. The minimum Gasteiger partial charge on any atom is -0.383 e. The summed E-state index contributed by atoms with van der Waals surface area (Å²) in [6.07, 6.45) is 0.913. The molecule has 0 saturated carbocycles. The maximum Gasteiger partial charge on any atom is 0.266 e. The first-order valence-electron chi connectivity index (χ1n) is 11.5. The Morgan fingerprint density at radius 1 is 1.20 bits per heavy atom. The normalized spacial score (nSPS) is 16.5.